The van der Waals surface area contributed by atoms with E-state index in [2.05, 4.69) is 15.3 Å². The monoisotopic (exact) mass is 305 g/mol. The summed E-state index contributed by atoms with van der Waals surface area (Å²) >= 11 is 0. The minimum absolute atomic E-state index is 0.132. The van der Waals surface area contributed by atoms with Crippen molar-refractivity contribution in [1.29, 1.82) is 0 Å². The summed E-state index contributed by atoms with van der Waals surface area (Å²) in [5.41, 5.74) is -0.971. The van der Waals surface area contributed by atoms with Gasteiger partial charge in [-0.25, -0.2) is 9.97 Å². The van der Waals surface area contributed by atoms with Gasteiger partial charge < -0.3 is 10.1 Å². The van der Waals surface area contributed by atoms with E-state index in [0.29, 0.717) is 18.2 Å². The molecule has 2 rings (SSSR count). The van der Waals surface area contributed by atoms with E-state index in [4.69, 9.17) is 4.74 Å². The molecule has 0 saturated carbocycles. The molecule has 10 nitrogen and oxygen atoms in total. The van der Waals surface area contributed by atoms with Crippen LogP contribution in [0.1, 0.15) is 6.92 Å². The van der Waals surface area contributed by atoms with Gasteiger partial charge >= 0.3 is 5.69 Å². The van der Waals surface area contributed by atoms with Gasteiger partial charge in [-0.2, -0.15) is 0 Å². The van der Waals surface area contributed by atoms with Gasteiger partial charge in [0, 0.05) is 0 Å². The Bertz CT molecular complexity index is 704. The van der Waals surface area contributed by atoms with Gasteiger partial charge in [-0.3, -0.25) is 20.2 Å². The van der Waals surface area contributed by atoms with Crippen molar-refractivity contribution in [2.75, 3.05) is 11.9 Å². The molecule has 114 valence electrons. The number of nitrogens with zero attached hydrogens (tertiary/aromatic N) is 4. The van der Waals surface area contributed by atoms with Gasteiger partial charge in [-0.15, -0.1) is 0 Å². The van der Waals surface area contributed by atoms with Gasteiger partial charge in [0.05, 0.1) is 28.7 Å². The molecule has 22 heavy (non-hydrogen) atoms. The Labute approximate surface area is 124 Å². The van der Waals surface area contributed by atoms with Crippen molar-refractivity contribution in [2.45, 2.75) is 6.92 Å². The van der Waals surface area contributed by atoms with Crippen LogP contribution < -0.4 is 10.1 Å². The maximum absolute atomic E-state index is 11.0. The molecule has 0 spiro atoms. The van der Waals surface area contributed by atoms with Crippen LogP contribution in [0, 0.1) is 20.2 Å². The van der Waals surface area contributed by atoms with E-state index >= 15 is 0 Å². The first kappa shape index (κ1) is 15.1. The topological polar surface area (TPSA) is 133 Å². The van der Waals surface area contributed by atoms with Crippen molar-refractivity contribution in [3.63, 3.8) is 0 Å². The summed E-state index contributed by atoms with van der Waals surface area (Å²) in [7, 11) is 0. The molecular formula is C12H11N5O5. The summed E-state index contributed by atoms with van der Waals surface area (Å²) < 4.78 is 5.23. The van der Waals surface area contributed by atoms with Gasteiger partial charge in [-0.1, -0.05) is 0 Å². The lowest BCUT2D eigenvalue weighted by atomic mass is 10.3. The average molecular weight is 305 g/mol. The van der Waals surface area contributed by atoms with Gasteiger partial charge in [0.15, 0.2) is 0 Å². The number of ether oxygens (including phenoxy) is 1. The first-order valence-electron chi connectivity index (χ1n) is 6.16. The van der Waals surface area contributed by atoms with E-state index in [9.17, 15) is 20.2 Å². The van der Waals surface area contributed by atoms with Crippen molar-refractivity contribution in [3.05, 3.63) is 50.8 Å². The predicted octanol–water partition coefficient (Wildman–Crippen LogP) is 2.44. The largest absolute Gasteiger partial charge is 0.492 e. The molecule has 0 fully saturated rings. The van der Waals surface area contributed by atoms with Crippen LogP contribution in [0.2, 0.25) is 0 Å². The first-order valence-corrected chi connectivity index (χ1v) is 6.16. The molecule has 0 radical (unpaired) electrons. The van der Waals surface area contributed by atoms with Gasteiger partial charge in [0.2, 0.25) is 5.82 Å². The van der Waals surface area contributed by atoms with E-state index in [1.165, 1.54) is 6.20 Å². The molecule has 0 unspecified atom stereocenters. The lowest BCUT2D eigenvalue weighted by molar-refractivity contribution is -0.394. The Balaban J connectivity index is 2.28. The Morgan fingerprint density at radius 1 is 1.18 bits per heavy atom. The molecule has 0 saturated heterocycles. The second-order valence-electron chi connectivity index (χ2n) is 4.01. The fraction of sp³-hybridized carbons (Fsp3) is 0.167. The highest BCUT2D eigenvalue weighted by atomic mass is 16.6. The van der Waals surface area contributed by atoms with Crippen LogP contribution in [0.25, 0.3) is 0 Å². The summed E-state index contributed by atoms with van der Waals surface area (Å²) in [4.78, 5) is 27.9. The zero-order valence-electron chi connectivity index (χ0n) is 11.4. The van der Waals surface area contributed by atoms with Crippen molar-refractivity contribution >= 4 is 23.0 Å². The van der Waals surface area contributed by atoms with E-state index in [0.717, 1.165) is 12.3 Å². The van der Waals surface area contributed by atoms with Crippen LogP contribution in [0.5, 0.6) is 5.75 Å². The van der Waals surface area contributed by atoms with Crippen molar-refractivity contribution < 1.29 is 14.6 Å². The van der Waals surface area contributed by atoms with E-state index in [-0.39, 0.29) is 5.82 Å². The highest BCUT2D eigenvalue weighted by molar-refractivity contribution is 5.65. The zero-order valence-corrected chi connectivity index (χ0v) is 11.4. The minimum Gasteiger partial charge on any atom is -0.492 e. The van der Waals surface area contributed by atoms with Crippen LogP contribution in [0.4, 0.5) is 23.0 Å². The second-order valence-corrected chi connectivity index (χ2v) is 4.01. The molecular weight excluding hydrogens is 294 g/mol. The molecule has 0 aliphatic heterocycles. The average Bonchev–Trinajstić information content (AvgIpc) is 2.49. The van der Waals surface area contributed by atoms with E-state index in [1.807, 2.05) is 6.92 Å². The molecule has 0 aliphatic carbocycles. The minimum atomic E-state index is -0.753. The molecule has 1 N–H and O–H groups in total. The molecule has 0 amide bonds. The van der Waals surface area contributed by atoms with Gasteiger partial charge in [0.25, 0.3) is 5.69 Å². The Hall–Kier alpha value is -3.30. The molecule has 10 heteroatoms. The van der Waals surface area contributed by atoms with Gasteiger partial charge in [-0.05, 0) is 19.1 Å². The second kappa shape index (κ2) is 6.43. The number of hydrogen-bond donors (Lipinski definition) is 1. The third kappa shape index (κ3) is 3.42. The predicted molar refractivity (Wildman–Crippen MR) is 76.2 cm³/mol. The third-order valence-corrected chi connectivity index (χ3v) is 2.55. The highest BCUT2D eigenvalue weighted by Gasteiger charge is 2.21. The molecule has 2 aromatic heterocycles. The van der Waals surface area contributed by atoms with Crippen LogP contribution in [-0.2, 0) is 0 Å². The molecule has 0 aromatic carbocycles. The molecule has 2 aromatic rings. The van der Waals surface area contributed by atoms with Gasteiger partial charge in [0.1, 0.15) is 17.8 Å². The third-order valence-electron chi connectivity index (χ3n) is 2.55. The summed E-state index contributed by atoms with van der Waals surface area (Å²) in [5.74, 6) is 0.722. The number of aromatic nitrogens is 2. The fourth-order valence-electron chi connectivity index (χ4n) is 1.61. The molecule has 2 heterocycles. The number of nitrogens with one attached hydrogen (secondary N) is 1. The summed E-state index contributed by atoms with van der Waals surface area (Å²) in [6.45, 7) is 2.32. The number of rotatable bonds is 6. The quantitative estimate of drug-likeness (QED) is 0.635. The molecule has 0 bridgehead atoms. The SMILES string of the molecule is CCOc1ccc(Nc2ncc([N+](=O)[O-])cc2[N+](=O)[O-])nc1. The lowest BCUT2D eigenvalue weighted by Crippen LogP contribution is -2.02. The summed E-state index contributed by atoms with van der Waals surface area (Å²) in [5, 5.41) is 24.3. The summed E-state index contributed by atoms with van der Waals surface area (Å²) in [6, 6.07) is 4.03. The number of hydrogen-bond acceptors (Lipinski definition) is 8. The first-order chi connectivity index (χ1) is 10.5. The Morgan fingerprint density at radius 2 is 1.95 bits per heavy atom. The van der Waals surface area contributed by atoms with Crippen LogP contribution in [-0.4, -0.2) is 26.4 Å². The molecule has 0 atom stereocenters. The number of anilines is 2. The van der Waals surface area contributed by atoms with Crippen LogP contribution >= 0.6 is 0 Å². The number of pyridine rings is 2. The Morgan fingerprint density at radius 3 is 2.50 bits per heavy atom. The van der Waals surface area contributed by atoms with Crippen LogP contribution in [0.3, 0.4) is 0 Å². The fourth-order valence-corrected chi connectivity index (χ4v) is 1.61. The maximum Gasteiger partial charge on any atom is 0.318 e. The normalized spacial score (nSPS) is 10.0. The lowest BCUT2D eigenvalue weighted by Gasteiger charge is -2.06. The number of nitro groups is 2. The smallest absolute Gasteiger partial charge is 0.318 e. The van der Waals surface area contributed by atoms with Crippen molar-refractivity contribution in [2.24, 2.45) is 0 Å². The maximum atomic E-state index is 11.0. The van der Waals surface area contributed by atoms with Crippen molar-refractivity contribution in [1.82, 2.24) is 9.97 Å². The van der Waals surface area contributed by atoms with E-state index < -0.39 is 21.2 Å². The molecule has 0 aliphatic rings. The van der Waals surface area contributed by atoms with E-state index in [1.54, 1.807) is 12.1 Å². The zero-order chi connectivity index (χ0) is 16.1. The summed E-state index contributed by atoms with van der Waals surface area (Å²) in [6.07, 6.45) is 2.38. The van der Waals surface area contributed by atoms with Crippen LogP contribution in [0.15, 0.2) is 30.6 Å². The standard InChI is InChI=1S/C12H11N5O5/c1-2-22-9-3-4-11(13-7-9)15-12-10(17(20)21)5-8(6-14-12)16(18)19/h3-7H,2H2,1H3,(H,13,14,15). The Kier molecular flexibility index (Phi) is 4.41. The van der Waals surface area contributed by atoms with Crippen molar-refractivity contribution in [3.8, 4) is 5.75 Å². The highest BCUT2D eigenvalue weighted by Crippen LogP contribution is 2.28.